The van der Waals surface area contributed by atoms with E-state index >= 15 is 0 Å². The van der Waals surface area contributed by atoms with Crippen LogP contribution >= 0.6 is 0 Å². The standard InChI is InChI=1S/C22H19NO4/c1-14-8-9-17(12-15(14)2)27-18-10-11-19(22(25)26)20(13-18)23-21(24)16-6-4-3-5-7-16/h3-13H,1-2H3,(H,23,24)(H,25,26). The molecule has 0 radical (unpaired) electrons. The molecule has 0 aromatic heterocycles. The number of nitrogens with one attached hydrogen (secondary N) is 1. The maximum atomic E-state index is 12.4. The fourth-order valence-corrected chi connectivity index (χ4v) is 2.57. The second-order valence-electron chi connectivity index (χ2n) is 6.18. The van der Waals surface area contributed by atoms with Gasteiger partial charge in [-0.3, -0.25) is 4.79 Å². The van der Waals surface area contributed by atoms with Crippen LogP contribution in [-0.2, 0) is 0 Å². The van der Waals surface area contributed by atoms with Crippen molar-refractivity contribution in [2.24, 2.45) is 0 Å². The largest absolute Gasteiger partial charge is 0.478 e. The molecule has 5 nitrogen and oxygen atoms in total. The number of carbonyl (C=O) groups excluding carboxylic acids is 1. The molecule has 0 aliphatic carbocycles. The van der Waals surface area contributed by atoms with Gasteiger partial charge in [0.1, 0.15) is 11.5 Å². The third-order valence-electron chi connectivity index (χ3n) is 4.22. The Morgan fingerprint density at radius 3 is 2.19 bits per heavy atom. The Balaban J connectivity index is 1.89. The van der Waals surface area contributed by atoms with E-state index < -0.39 is 5.97 Å². The Morgan fingerprint density at radius 1 is 0.852 bits per heavy atom. The molecule has 0 aliphatic rings. The van der Waals surface area contributed by atoms with Crippen molar-refractivity contribution in [3.05, 3.63) is 89.0 Å². The first-order valence-corrected chi connectivity index (χ1v) is 8.43. The summed E-state index contributed by atoms with van der Waals surface area (Å²) in [7, 11) is 0. The van der Waals surface area contributed by atoms with Gasteiger partial charge in [-0.05, 0) is 61.4 Å². The lowest BCUT2D eigenvalue weighted by atomic mass is 10.1. The third-order valence-corrected chi connectivity index (χ3v) is 4.22. The van der Waals surface area contributed by atoms with Gasteiger partial charge < -0.3 is 15.2 Å². The number of benzene rings is 3. The Hall–Kier alpha value is -3.60. The average Bonchev–Trinajstić information content (AvgIpc) is 2.65. The van der Waals surface area contributed by atoms with E-state index in [1.807, 2.05) is 32.0 Å². The fraction of sp³-hybridized carbons (Fsp3) is 0.0909. The van der Waals surface area contributed by atoms with Gasteiger partial charge in [0.25, 0.3) is 5.91 Å². The molecule has 0 saturated carbocycles. The second-order valence-corrected chi connectivity index (χ2v) is 6.18. The number of carboxylic acids is 1. The highest BCUT2D eigenvalue weighted by molar-refractivity contribution is 6.07. The molecule has 0 fully saturated rings. The van der Waals surface area contributed by atoms with Crippen LogP contribution in [-0.4, -0.2) is 17.0 Å². The normalized spacial score (nSPS) is 10.3. The molecule has 0 atom stereocenters. The molecular formula is C22H19NO4. The minimum absolute atomic E-state index is 0.00767. The molecule has 27 heavy (non-hydrogen) atoms. The molecule has 3 rings (SSSR count). The molecule has 136 valence electrons. The quantitative estimate of drug-likeness (QED) is 0.667. The van der Waals surface area contributed by atoms with Gasteiger partial charge in [-0.2, -0.15) is 0 Å². The summed E-state index contributed by atoms with van der Waals surface area (Å²) in [5.74, 6) is -0.439. The fourth-order valence-electron chi connectivity index (χ4n) is 2.57. The summed E-state index contributed by atoms with van der Waals surface area (Å²) in [6.07, 6.45) is 0. The molecule has 0 aliphatic heterocycles. The van der Waals surface area contributed by atoms with Crippen molar-refractivity contribution >= 4 is 17.6 Å². The van der Waals surface area contributed by atoms with Gasteiger partial charge in [0.15, 0.2) is 0 Å². The number of carbonyl (C=O) groups is 2. The van der Waals surface area contributed by atoms with Gasteiger partial charge in [0.05, 0.1) is 11.3 Å². The van der Waals surface area contributed by atoms with Crippen LogP contribution in [0.15, 0.2) is 66.7 Å². The lowest BCUT2D eigenvalue weighted by Crippen LogP contribution is -2.14. The van der Waals surface area contributed by atoms with E-state index in [9.17, 15) is 14.7 Å². The Bertz CT molecular complexity index is 996. The van der Waals surface area contributed by atoms with Crippen LogP contribution in [0, 0.1) is 13.8 Å². The maximum Gasteiger partial charge on any atom is 0.337 e. The van der Waals surface area contributed by atoms with Crippen LogP contribution in [0.1, 0.15) is 31.8 Å². The van der Waals surface area contributed by atoms with Crippen LogP contribution in [0.2, 0.25) is 0 Å². The van der Waals surface area contributed by atoms with E-state index in [4.69, 9.17) is 4.74 Å². The summed E-state index contributed by atoms with van der Waals surface area (Å²) in [4.78, 5) is 23.9. The van der Waals surface area contributed by atoms with Crippen molar-refractivity contribution < 1.29 is 19.4 Å². The number of ether oxygens (including phenoxy) is 1. The smallest absolute Gasteiger partial charge is 0.337 e. The number of aromatic carboxylic acids is 1. The molecule has 5 heteroatoms. The highest BCUT2D eigenvalue weighted by Crippen LogP contribution is 2.28. The molecule has 3 aromatic carbocycles. The van der Waals surface area contributed by atoms with Crippen molar-refractivity contribution in [3.63, 3.8) is 0 Å². The SMILES string of the molecule is Cc1ccc(Oc2ccc(C(=O)O)c(NC(=O)c3ccccc3)c2)cc1C. The predicted octanol–water partition coefficient (Wildman–Crippen LogP) is 5.05. The minimum Gasteiger partial charge on any atom is -0.478 e. The first kappa shape index (κ1) is 18.2. The van der Waals surface area contributed by atoms with E-state index in [2.05, 4.69) is 5.32 Å². The van der Waals surface area contributed by atoms with E-state index in [0.717, 1.165) is 11.1 Å². The molecule has 0 saturated heterocycles. The first-order chi connectivity index (χ1) is 12.9. The summed E-state index contributed by atoms with van der Waals surface area (Å²) in [6.45, 7) is 4.00. The number of anilines is 1. The summed E-state index contributed by atoms with van der Waals surface area (Å²) in [6, 6.07) is 18.8. The zero-order valence-corrected chi connectivity index (χ0v) is 15.0. The van der Waals surface area contributed by atoms with E-state index in [-0.39, 0.29) is 17.2 Å². The molecule has 0 unspecified atom stereocenters. The van der Waals surface area contributed by atoms with Gasteiger partial charge in [-0.15, -0.1) is 0 Å². The van der Waals surface area contributed by atoms with Gasteiger partial charge in [0, 0.05) is 11.6 Å². The molecule has 0 spiro atoms. The number of aryl methyl sites for hydroxylation is 2. The molecule has 2 N–H and O–H groups in total. The van der Waals surface area contributed by atoms with E-state index in [0.29, 0.717) is 17.1 Å². The lowest BCUT2D eigenvalue weighted by molar-refractivity contribution is 0.0698. The number of amides is 1. The van der Waals surface area contributed by atoms with Gasteiger partial charge in [-0.1, -0.05) is 24.3 Å². The predicted molar refractivity (Wildman–Crippen MR) is 104 cm³/mol. The molecule has 1 amide bonds. The Labute approximate surface area is 157 Å². The number of carboxylic acid groups (broad SMARTS) is 1. The van der Waals surface area contributed by atoms with Gasteiger partial charge >= 0.3 is 5.97 Å². The second kappa shape index (κ2) is 7.74. The highest BCUT2D eigenvalue weighted by atomic mass is 16.5. The van der Waals surface area contributed by atoms with Gasteiger partial charge in [-0.25, -0.2) is 4.79 Å². The van der Waals surface area contributed by atoms with Crippen molar-refractivity contribution in [2.75, 3.05) is 5.32 Å². The summed E-state index contributed by atoms with van der Waals surface area (Å²) in [5, 5.41) is 12.1. The van der Waals surface area contributed by atoms with Crippen molar-refractivity contribution in [1.82, 2.24) is 0 Å². The van der Waals surface area contributed by atoms with Crippen LogP contribution in [0.5, 0.6) is 11.5 Å². The molecule has 3 aromatic rings. The van der Waals surface area contributed by atoms with Crippen LogP contribution in [0.4, 0.5) is 5.69 Å². The number of rotatable bonds is 5. The topological polar surface area (TPSA) is 75.6 Å². The zero-order valence-electron chi connectivity index (χ0n) is 15.0. The van der Waals surface area contributed by atoms with Crippen LogP contribution < -0.4 is 10.1 Å². The van der Waals surface area contributed by atoms with Crippen molar-refractivity contribution in [1.29, 1.82) is 0 Å². The van der Waals surface area contributed by atoms with Crippen molar-refractivity contribution in [3.8, 4) is 11.5 Å². The van der Waals surface area contributed by atoms with Crippen molar-refractivity contribution in [2.45, 2.75) is 13.8 Å². The number of hydrogen-bond donors (Lipinski definition) is 2. The zero-order chi connectivity index (χ0) is 19.4. The summed E-state index contributed by atoms with van der Waals surface area (Å²) < 4.78 is 5.83. The van der Waals surface area contributed by atoms with Crippen LogP contribution in [0.3, 0.4) is 0 Å². The van der Waals surface area contributed by atoms with Crippen LogP contribution in [0.25, 0.3) is 0 Å². The molecular weight excluding hydrogens is 342 g/mol. The molecule has 0 heterocycles. The molecule has 0 bridgehead atoms. The minimum atomic E-state index is -1.13. The number of hydrogen-bond acceptors (Lipinski definition) is 3. The summed E-state index contributed by atoms with van der Waals surface area (Å²) >= 11 is 0. The average molecular weight is 361 g/mol. The van der Waals surface area contributed by atoms with E-state index in [1.165, 1.54) is 12.1 Å². The Kier molecular flexibility index (Phi) is 5.22. The first-order valence-electron chi connectivity index (χ1n) is 8.43. The van der Waals surface area contributed by atoms with E-state index in [1.54, 1.807) is 36.4 Å². The Morgan fingerprint density at radius 2 is 1.52 bits per heavy atom. The van der Waals surface area contributed by atoms with Gasteiger partial charge in [0.2, 0.25) is 0 Å². The lowest BCUT2D eigenvalue weighted by Gasteiger charge is -2.12. The highest BCUT2D eigenvalue weighted by Gasteiger charge is 2.15. The monoisotopic (exact) mass is 361 g/mol. The maximum absolute atomic E-state index is 12.4. The third kappa shape index (κ3) is 4.33. The summed E-state index contributed by atoms with van der Waals surface area (Å²) in [5.41, 5.74) is 2.85.